The first-order chi connectivity index (χ1) is 31.3. The third-order valence-corrected chi connectivity index (χ3v) is 13.8. The number of aryl methyl sites for hydroxylation is 1. The molecule has 7 aromatic carbocycles. The first-order valence-corrected chi connectivity index (χ1v) is 22.6. The fourth-order valence-corrected chi connectivity index (χ4v) is 10.9. The van der Waals surface area contributed by atoms with Gasteiger partial charge < -0.3 is 13.9 Å². The van der Waals surface area contributed by atoms with Crippen molar-refractivity contribution in [1.29, 1.82) is 0 Å². The van der Waals surface area contributed by atoms with E-state index in [-0.39, 0.29) is 0 Å². The lowest BCUT2D eigenvalue weighted by Gasteiger charge is -2.27. The van der Waals surface area contributed by atoms with E-state index in [4.69, 9.17) is 0 Å². The van der Waals surface area contributed by atoms with Crippen LogP contribution in [0, 0.1) is 0 Å². The Morgan fingerprint density at radius 2 is 1.16 bits per heavy atom. The van der Waals surface area contributed by atoms with Crippen LogP contribution in [0.1, 0.15) is 48.9 Å². The van der Waals surface area contributed by atoms with Gasteiger partial charge in [-0.2, -0.15) is 0 Å². The van der Waals surface area contributed by atoms with Gasteiger partial charge in [0.15, 0.2) is 0 Å². The molecule has 3 aromatic heterocycles. The largest absolute Gasteiger partial charge is 0.312 e. The quantitative estimate of drug-likeness (QED) is 0.156. The number of hydrogen-bond donors (Lipinski definition) is 0. The van der Waals surface area contributed by atoms with Gasteiger partial charge in [-0.05, 0) is 121 Å². The molecule has 13 rings (SSSR count). The predicted molar refractivity (Wildman–Crippen MR) is 269 cm³/mol. The van der Waals surface area contributed by atoms with Crippen molar-refractivity contribution in [2.24, 2.45) is 0 Å². The third kappa shape index (κ3) is 5.66. The van der Waals surface area contributed by atoms with Crippen LogP contribution in [0.2, 0.25) is 0 Å². The summed E-state index contributed by atoms with van der Waals surface area (Å²) >= 11 is 0. The van der Waals surface area contributed by atoms with Crippen LogP contribution in [-0.2, 0) is 6.42 Å². The number of allylic oxidation sites excluding steroid dienone is 9. The zero-order valence-corrected chi connectivity index (χ0v) is 35.1. The van der Waals surface area contributed by atoms with Crippen LogP contribution in [-0.4, -0.2) is 8.97 Å². The summed E-state index contributed by atoms with van der Waals surface area (Å²) in [5.74, 6) is 0. The van der Waals surface area contributed by atoms with Crippen LogP contribution in [0.15, 0.2) is 194 Å². The number of anilines is 3. The molecule has 3 heteroatoms. The molecule has 0 saturated carbocycles. The van der Waals surface area contributed by atoms with Gasteiger partial charge in [0.05, 0.1) is 27.8 Å². The number of fused-ring (bicyclic) bond motifs is 9. The number of rotatable bonds is 7. The van der Waals surface area contributed by atoms with Crippen LogP contribution >= 0.6 is 0 Å². The molecule has 0 radical (unpaired) electrons. The fourth-order valence-electron chi connectivity index (χ4n) is 10.9. The van der Waals surface area contributed by atoms with Gasteiger partial charge in [0.1, 0.15) is 0 Å². The van der Waals surface area contributed by atoms with Gasteiger partial charge in [-0.25, -0.2) is 0 Å². The normalized spacial score (nSPS) is 14.9. The summed E-state index contributed by atoms with van der Waals surface area (Å²) in [7, 11) is 0. The van der Waals surface area contributed by atoms with Crippen molar-refractivity contribution in [3.63, 3.8) is 0 Å². The van der Waals surface area contributed by atoms with E-state index in [0.29, 0.717) is 0 Å². The third-order valence-electron chi connectivity index (χ3n) is 13.8. The van der Waals surface area contributed by atoms with Gasteiger partial charge in [-0.3, -0.25) is 0 Å². The van der Waals surface area contributed by atoms with Crippen molar-refractivity contribution in [2.45, 2.75) is 38.5 Å². The highest BCUT2D eigenvalue weighted by molar-refractivity contribution is 6.23. The van der Waals surface area contributed by atoms with Crippen molar-refractivity contribution in [2.75, 3.05) is 4.90 Å². The minimum Gasteiger partial charge on any atom is -0.312 e. The summed E-state index contributed by atoms with van der Waals surface area (Å²) in [5, 5.41) is 6.49. The lowest BCUT2D eigenvalue weighted by Crippen LogP contribution is -2.10. The second kappa shape index (κ2) is 14.5. The molecule has 300 valence electrons. The number of aromatic nitrogens is 2. The van der Waals surface area contributed by atoms with Crippen LogP contribution in [0.25, 0.3) is 88.6 Å². The highest BCUT2D eigenvalue weighted by Crippen LogP contribution is 2.48. The van der Waals surface area contributed by atoms with E-state index in [1.165, 1.54) is 105 Å². The van der Waals surface area contributed by atoms with Crippen LogP contribution < -0.4 is 4.90 Å². The molecule has 3 nitrogen and oxygen atoms in total. The van der Waals surface area contributed by atoms with Gasteiger partial charge in [0.25, 0.3) is 0 Å². The van der Waals surface area contributed by atoms with Gasteiger partial charge in [-0.1, -0.05) is 146 Å². The van der Waals surface area contributed by atoms with Gasteiger partial charge >= 0.3 is 0 Å². The summed E-state index contributed by atoms with van der Waals surface area (Å²) in [6.07, 6.45) is 25.1. The molecule has 3 aliphatic rings. The molecule has 63 heavy (non-hydrogen) atoms. The van der Waals surface area contributed by atoms with E-state index in [0.717, 1.165) is 49.9 Å². The maximum atomic E-state index is 2.56. The van der Waals surface area contributed by atoms with E-state index in [1.54, 1.807) is 0 Å². The lowest BCUT2D eigenvalue weighted by molar-refractivity contribution is 0.926. The summed E-state index contributed by atoms with van der Waals surface area (Å²) in [5.41, 5.74) is 20.0. The van der Waals surface area contributed by atoms with E-state index in [1.807, 2.05) is 0 Å². The predicted octanol–water partition coefficient (Wildman–Crippen LogP) is 16.5. The minimum absolute atomic E-state index is 1.05. The maximum Gasteiger partial charge on any atom is 0.0638 e. The average Bonchev–Trinajstić information content (AvgIpc) is 4.01. The Balaban J connectivity index is 1.00. The van der Waals surface area contributed by atoms with Crippen molar-refractivity contribution in [3.05, 3.63) is 211 Å². The van der Waals surface area contributed by atoms with E-state index in [2.05, 4.69) is 214 Å². The Bertz CT molecular complexity index is 3590. The van der Waals surface area contributed by atoms with E-state index in [9.17, 15) is 0 Å². The highest BCUT2D eigenvalue weighted by atomic mass is 15.1. The zero-order chi connectivity index (χ0) is 41.4. The Morgan fingerprint density at radius 3 is 1.95 bits per heavy atom. The highest BCUT2D eigenvalue weighted by Gasteiger charge is 2.27. The molecule has 0 aliphatic heterocycles. The van der Waals surface area contributed by atoms with Gasteiger partial charge in [0.2, 0.25) is 0 Å². The average molecular weight is 808 g/mol. The van der Waals surface area contributed by atoms with Crippen LogP contribution in [0.3, 0.4) is 0 Å². The molecule has 0 spiro atoms. The lowest BCUT2D eigenvalue weighted by atomic mass is 9.97. The summed E-state index contributed by atoms with van der Waals surface area (Å²) in [6, 6.07) is 56.8. The topological polar surface area (TPSA) is 12.6 Å². The first kappa shape index (κ1) is 36.1. The zero-order valence-electron chi connectivity index (χ0n) is 35.1. The van der Waals surface area contributed by atoms with Gasteiger partial charge in [0, 0.05) is 60.8 Å². The summed E-state index contributed by atoms with van der Waals surface area (Å²) in [4.78, 5) is 2.48. The number of benzene rings is 7. The van der Waals surface area contributed by atoms with E-state index >= 15 is 0 Å². The number of hydrogen-bond acceptors (Lipinski definition) is 1. The monoisotopic (exact) mass is 807 g/mol. The maximum absolute atomic E-state index is 2.56. The van der Waals surface area contributed by atoms with Crippen molar-refractivity contribution >= 4 is 83.4 Å². The Morgan fingerprint density at radius 1 is 0.444 bits per heavy atom. The molecule has 3 aliphatic carbocycles. The molecule has 0 unspecified atom stereocenters. The fraction of sp³-hybridized carbons (Fsp3) is 0.100. The molecule has 3 heterocycles. The molecule has 0 bridgehead atoms. The molecule has 10 aromatic rings. The first-order valence-electron chi connectivity index (χ1n) is 22.6. The minimum atomic E-state index is 1.05. The van der Waals surface area contributed by atoms with Crippen LogP contribution in [0.4, 0.5) is 17.1 Å². The van der Waals surface area contributed by atoms with E-state index < -0.39 is 0 Å². The van der Waals surface area contributed by atoms with Crippen molar-refractivity contribution in [1.82, 2.24) is 8.97 Å². The molecule has 0 amide bonds. The second-order valence-corrected chi connectivity index (χ2v) is 17.3. The molecular weight excluding hydrogens is 763 g/mol. The summed E-state index contributed by atoms with van der Waals surface area (Å²) in [6.45, 7) is 0. The molecule has 0 saturated heterocycles. The standard InChI is InChI=1S/C60H45N3/c1-4-15-40(16-5-1)42-27-32-46(33-28-42)61(57-38-36-51-49-21-10-12-25-54(49)63-55-26-13-11-22-52(55)58(57)60(51)63)47-34-29-43(30-35-47)48-23-14-24-50-53-39-44(41-17-6-2-7-18-41)31-37-56(53)62(59(48)50)45-19-8-3-9-20-45/h1,4-6,8,10-11,13-24,26-39H,2-3,7,9,12,25H2. The smallest absolute Gasteiger partial charge is 0.0638 e. The Hall–Kier alpha value is -7.62. The van der Waals surface area contributed by atoms with Crippen molar-refractivity contribution < 1.29 is 0 Å². The second-order valence-electron chi connectivity index (χ2n) is 17.3. The SMILES string of the molecule is C1=CC(c2ccc3c(c2)c2cccc(-c4ccc(N(c5ccc(-c6ccccc6)cc5)c5ccc6c7c(n8c9ccccc9c5c68)CCC=C7)cc4)c2n3C2=CCCC=C2)=CCC1. The van der Waals surface area contributed by atoms with Gasteiger partial charge in [-0.15, -0.1) is 0 Å². The Labute approximate surface area is 367 Å². The number of nitrogens with zero attached hydrogens (tertiary/aromatic N) is 3. The van der Waals surface area contributed by atoms with Crippen molar-refractivity contribution in [3.8, 4) is 22.3 Å². The molecular formula is C60H45N3. The number of para-hydroxylation sites is 2. The molecule has 0 atom stereocenters. The molecule has 0 fully saturated rings. The Kier molecular flexibility index (Phi) is 8.30. The summed E-state index contributed by atoms with van der Waals surface area (Å²) < 4.78 is 5.07. The molecule has 0 N–H and O–H groups in total. The van der Waals surface area contributed by atoms with Crippen LogP contribution in [0.5, 0.6) is 0 Å².